The minimum absolute atomic E-state index is 0.453. The third-order valence-electron chi connectivity index (χ3n) is 5.61. The molecule has 0 spiro atoms. The molecule has 0 aromatic carbocycles. The minimum atomic E-state index is -4.20. The van der Waals surface area contributed by atoms with Gasteiger partial charge in [0.25, 0.3) is 0 Å². The molecular formula is C8H7ClO4. The van der Waals surface area contributed by atoms with E-state index >= 15 is 0 Å². The molecule has 4 nitrogen and oxygen atoms in total. The molecule has 0 radical (unpaired) electrons. The van der Waals surface area contributed by atoms with Gasteiger partial charge in [-0.05, 0) is 23.7 Å². The Balaban J connectivity index is 1.53. The molecule has 0 aliphatic heterocycles. The Morgan fingerprint density at radius 3 is 1.69 bits per heavy atom. The molecule has 6 rings (SSSR count). The lowest BCUT2D eigenvalue weighted by atomic mass is 8.99. The van der Waals surface area contributed by atoms with Gasteiger partial charge in [-0.2, -0.15) is 14.0 Å². The molecule has 0 N–H and O–H groups in total. The van der Waals surface area contributed by atoms with Crippen molar-refractivity contribution in [3.63, 3.8) is 0 Å². The standard InChI is InChI=1S/C8H7ClO4/c10-9(11,12)13-8-5-2-1-3(5)7(8)4(1)6(2)8/h1-7H. The molecule has 0 bridgehead atoms. The number of rotatable bonds is 2. The first-order chi connectivity index (χ1) is 6.07. The van der Waals surface area contributed by atoms with E-state index in [1.807, 2.05) is 0 Å². The van der Waals surface area contributed by atoms with Gasteiger partial charge in [0.2, 0.25) is 5.60 Å². The summed E-state index contributed by atoms with van der Waals surface area (Å²) in [7, 11) is -4.20. The maximum atomic E-state index is 10.5. The Morgan fingerprint density at radius 2 is 1.31 bits per heavy atom. The lowest BCUT2D eigenvalue weighted by molar-refractivity contribution is -1.92. The smallest absolute Gasteiger partial charge is 0.183 e. The van der Waals surface area contributed by atoms with E-state index in [1.165, 1.54) is 0 Å². The molecule has 6 fully saturated rings. The highest BCUT2D eigenvalue weighted by Gasteiger charge is 3.09. The molecular weight excluding hydrogens is 196 g/mol. The molecule has 0 aromatic heterocycles. The van der Waals surface area contributed by atoms with E-state index in [9.17, 15) is 14.0 Å². The Bertz CT molecular complexity index is 298. The summed E-state index contributed by atoms with van der Waals surface area (Å²) in [5.41, 5.74) is -0.461. The van der Waals surface area contributed by atoms with Gasteiger partial charge in [0.15, 0.2) is 0 Å². The average molecular weight is 203 g/mol. The van der Waals surface area contributed by atoms with Crippen molar-refractivity contribution in [2.45, 2.75) is 5.60 Å². The van der Waals surface area contributed by atoms with Crippen LogP contribution in [0, 0.1) is 51.7 Å². The molecule has 70 valence electrons. The van der Waals surface area contributed by atoms with E-state index < -0.39 is 15.8 Å². The Morgan fingerprint density at radius 1 is 0.846 bits per heavy atom. The first-order valence-corrected chi connectivity index (χ1v) is 5.92. The topological polar surface area (TPSA) is 78.4 Å². The van der Waals surface area contributed by atoms with Crippen LogP contribution in [0.5, 0.6) is 0 Å². The van der Waals surface area contributed by atoms with Crippen molar-refractivity contribution < 1.29 is 28.5 Å². The maximum Gasteiger partial charge on any atom is 0.233 e. The predicted molar refractivity (Wildman–Crippen MR) is 28.2 cm³/mol. The van der Waals surface area contributed by atoms with Gasteiger partial charge in [-0.25, -0.2) is 0 Å². The molecule has 6 aliphatic rings. The number of hydrogen-bond donors (Lipinski definition) is 0. The molecule has 5 heteroatoms. The first kappa shape index (κ1) is 6.58. The van der Waals surface area contributed by atoms with Crippen molar-refractivity contribution in [2.24, 2.45) is 41.4 Å². The Labute approximate surface area is 76.2 Å². The van der Waals surface area contributed by atoms with Gasteiger partial charge in [0.1, 0.15) is 0 Å². The SMILES string of the molecule is [O-][Cl+3]([O-])([O-])OC12C3C4C5C3C1C5C42. The van der Waals surface area contributed by atoms with Gasteiger partial charge in [0, 0.05) is 17.8 Å². The minimum Gasteiger partial charge on any atom is -0.183 e. The highest BCUT2D eigenvalue weighted by atomic mass is 35.7. The molecule has 0 amide bonds. The van der Waals surface area contributed by atoms with E-state index in [2.05, 4.69) is 0 Å². The molecule has 0 aromatic rings. The van der Waals surface area contributed by atoms with E-state index in [0.29, 0.717) is 17.8 Å². The van der Waals surface area contributed by atoms with Crippen molar-refractivity contribution >= 4 is 0 Å². The van der Waals surface area contributed by atoms with Gasteiger partial charge in [-0.1, -0.05) is 0 Å². The second kappa shape index (κ2) is 1.29. The summed E-state index contributed by atoms with van der Waals surface area (Å²) in [4.78, 5) is 0. The van der Waals surface area contributed by atoms with Gasteiger partial charge >= 0.3 is 0 Å². The summed E-state index contributed by atoms with van der Waals surface area (Å²) in [6.45, 7) is 0. The fourth-order valence-corrected chi connectivity index (χ4v) is 6.28. The fraction of sp³-hybridized carbons (Fsp3) is 1.00. The van der Waals surface area contributed by atoms with Gasteiger partial charge < -0.3 is 0 Å². The summed E-state index contributed by atoms with van der Waals surface area (Å²) < 4.78 is 36.3. The molecule has 0 heterocycles. The van der Waals surface area contributed by atoms with Crippen LogP contribution in [0.2, 0.25) is 0 Å². The third kappa shape index (κ3) is 0.344. The highest BCUT2D eigenvalue weighted by molar-refractivity contribution is 5.52. The van der Waals surface area contributed by atoms with Gasteiger partial charge in [-0.3, -0.25) is 0 Å². The largest absolute Gasteiger partial charge is 0.233 e. The summed E-state index contributed by atoms with van der Waals surface area (Å²) in [6, 6.07) is 0. The van der Waals surface area contributed by atoms with Crippen molar-refractivity contribution in [3.05, 3.63) is 0 Å². The lowest BCUT2D eigenvalue weighted by Crippen LogP contribution is -3.09. The fourth-order valence-electron chi connectivity index (χ4n) is 5.64. The van der Waals surface area contributed by atoms with Crippen LogP contribution < -0.4 is 14.0 Å². The monoisotopic (exact) mass is 202 g/mol. The Hall–Kier alpha value is 0.130. The van der Waals surface area contributed by atoms with Crippen molar-refractivity contribution in [1.29, 1.82) is 0 Å². The normalized spacial score (nSPS) is 78.2. The number of halogens is 1. The zero-order valence-electron chi connectivity index (χ0n) is 6.55. The molecule has 0 atom stereocenters. The van der Waals surface area contributed by atoms with Crippen molar-refractivity contribution in [2.75, 3.05) is 0 Å². The van der Waals surface area contributed by atoms with Crippen LogP contribution in [0.25, 0.3) is 0 Å². The van der Waals surface area contributed by atoms with Gasteiger partial charge in [-0.15, -0.1) is 0 Å². The second-order valence-corrected chi connectivity index (χ2v) is 6.11. The molecule has 6 aliphatic carbocycles. The van der Waals surface area contributed by atoms with Crippen LogP contribution in [-0.4, -0.2) is 5.60 Å². The van der Waals surface area contributed by atoms with E-state index in [4.69, 9.17) is 4.29 Å². The zero-order chi connectivity index (χ0) is 8.75. The van der Waals surface area contributed by atoms with Crippen LogP contribution in [0.1, 0.15) is 0 Å². The lowest BCUT2D eigenvalue weighted by Gasteiger charge is -3.03. The maximum absolute atomic E-state index is 10.5. The Kier molecular flexibility index (Phi) is 0.653. The summed E-state index contributed by atoms with van der Waals surface area (Å²) >= 11 is 0. The van der Waals surface area contributed by atoms with E-state index in [0.717, 1.165) is 23.7 Å². The average Bonchev–Trinajstić information content (AvgIpc) is 2.02. The van der Waals surface area contributed by atoms with Crippen LogP contribution in [0.3, 0.4) is 0 Å². The summed E-state index contributed by atoms with van der Waals surface area (Å²) in [6.07, 6.45) is 0. The predicted octanol–water partition coefficient (Wildman–Crippen LogP) is -2.98. The van der Waals surface area contributed by atoms with Crippen LogP contribution in [0.15, 0.2) is 0 Å². The molecule has 0 unspecified atom stereocenters. The van der Waals surface area contributed by atoms with Crippen LogP contribution >= 0.6 is 0 Å². The molecule has 0 saturated heterocycles. The second-order valence-electron chi connectivity index (χ2n) is 5.20. The quantitative estimate of drug-likeness (QED) is 0.479. The third-order valence-corrected chi connectivity index (χ3v) is 6.07. The van der Waals surface area contributed by atoms with Gasteiger partial charge in [0.05, 0.1) is 14.5 Å². The molecule has 6 saturated carbocycles. The van der Waals surface area contributed by atoms with Crippen molar-refractivity contribution in [1.82, 2.24) is 0 Å². The van der Waals surface area contributed by atoms with E-state index in [-0.39, 0.29) is 0 Å². The summed E-state index contributed by atoms with van der Waals surface area (Å²) in [5, 5.41) is 0. The first-order valence-electron chi connectivity index (χ1n) is 4.69. The highest BCUT2D eigenvalue weighted by Crippen LogP contribution is 3.03. The molecule has 13 heavy (non-hydrogen) atoms. The van der Waals surface area contributed by atoms with Crippen molar-refractivity contribution in [3.8, 4) is 0 Å². The summed E-state index contributed by atoms with van der Waals surface area (Å²) in [5.74, 6) is 4.51. The van der Waals surface area contributed by atoms with E-state index in [1.54, 1.807) is 0 Å². The van der Waals surface area contributed by atoms with Crippen LogP contribution in [0.4, 0.5) is 0 Å². The number of hydrogen-bond acceptors (Lipinski definition) is 4. The van der Waals surface area contributed by atoms with Crippen LogP contribution in [-0.2, 0) is 4.29 Å². The zero-order valence-corrected chi connectivity index (χ0v) is 7.31.